The number of aliphatic carboxylic acids is 1. The van der Waals surface area contributed by atoms with Crippen LogP contribution in [0.25, 0.3) is 6.08 Å². The Kier molecular flexibility index (Phi) is 4.11. The molecular formula is C9H9NO5. The molecule has 0 radical (unpaired) electrons. The fraction of sp³-hybridized carbons (Fsp3) is 0.111. The lowest BCUT2D eigenvalue weighted by molar-refractivity contribution is -0.147. The number of nitrogens with one attached hydrogen (secondary N) is 1. The lowest BCUT2D eigenvalue weighted by Gasteiger charge is -1.98. The molecule has 0 atom stereocenters. The van der Waals surface area contributed by atoms with E-state index in [9.17, 15) is 9.59 Å². The van der Waals surface area contributed by atoms with Crippen molar-refractivity contribution in [3.05, 3.63) is 30.2 Å². The van der Waals surface area contributed by atoms with Crippen molar-refractivity contribution in [1.82, 2.24) is 5.48 Å². The molecule has 1 aromatic rings. The van der Waals surface area contributed by atoms with Gasteiger partial charge in [0, 0.05) is 6.08 Å². The lowest BCUT2D eigenvalue weighted by Crippen LogP contribution is -2.24. The quantitative estimate of drug-likeness (QED) is 0.544. The molecule has 15 heavy (non-hydrogen) atoms. The highest BCUT2D eigenvalue weighted by Crippen LogP contribution is 2.01. The second-order valence-electron chi connectivity index (χ2n) is 2.50. The number of carbonyl (C=O) groups is 2. The van der Waals surface area contributed by atoms with Gasteiger partial charge in [0.2, 0.25) is 0 Å². The van der Waals surface area contributed by atoms with Crippen LogP contribution in [0.5, 0.6) is 0 Å². The van der Waals surface area contributed by atoms with Crippen LogP contribution < -0.4 is 5.48 Å². The van der Waals surface area contributed by atoms with E-state index in [0.717, 1.165) is 0 Å². The minimum absolute atomic E-state index is 0.517. The van der Waals surface area contributed by atoms with Crippen molar-refractivity contribution >= 4 is 18.0 Å². The molecule has 0 unspecified atom stereocenters. The van der Waals surface area contributed by atoms with Crippen molar-refractivity contribution in [1.29, 1.82) is 0 Å². The molecule has 1 heterocycles. The van der Waals surface area contributed by atoms with E-state index < -0.39 is 18.5 Å². The molecule has 0 aliphatic rings. The Balaban J connectivity index is 2.27. The number of carbonyl (C=O) groups excluding carboxylic acids is 1. The van der Waals surface area contributed by atoms with Gasteiger partial charge in [0.1, 0.15) is 5.76 Å². The van der Waals surface area contributed by atoms with Gasteiger partial charge in [-0.15, -0.1) is 0 Å². The first-order chi connectivity index (χ1) is 7.18. The number of rotatable bonds is 5. The molecule has 1 aromatic heterocycles. The third-order valence-electron chi connectivity index (χ3n) is 1.31. The van der Waals surface area contributed by atoms with Gasteiger partial charge in [-0.3, -0.25) is 9.63 Å². The molecule has 6 heteroatoms. The number of carboxylic acid groups (broad SMARTS) is 1. The summed E-state index contributed by atoms with van der Waals surface area (Å²) in [5, 5.41) is 8.20. The normalized spacial score (nSPS) is 10.4. The molecule has 0 aromatic carbocycles. The summed E-state index contributed by atoms with van der Waals surface area (Å²) < 4.78 is 4.92. The van der Waals surface area contributed by atoms with Crippen LogP contribution in [0.4, 0.5) is 0 Å². The summed E-state index contributed by atoms with van der Waals surface area (Å²) in [6.07, 6.45) is 4.07. The fourth-order valence-corrected chi connectivity index (χ4v) is 0.747. The Hall–Kier alpha value is -2.08. The van der Waals surface area contributed by atoms with Crippen LogP contribution in [0.3, 0.4) is 0 Å². The molecule has 0 fully saturated rings. The molecule has 1 amide bonds. The van der Waals surface area contributed by atoms with Crippen LogP contribution in [-0.4, -0.2) is 23.6 Å². The highest BCUT2D eigenvalue weighted by molar-refractivity contribution is 5.90. The number of hydroxylamine groups is 1. The third-order valence-corrected chi connectivity index (χ3v) is 1.31. The van der Waals surface area contributed by atoms with E-state index in [-0.39, 0.29) is 0 Å². The first-order valence-corrected chi connectivity index (χ1v) is 4.03. The maximum atomic E-state index is 11.0. The smallest absolute Gasteiger partial charge is 0.332 e. The predicted molar refractivity (Wildman–Crippen MR) is 49.5 cm³/mol. The zero-order chi connectivity index (χ0) is 11.1. The minimum Gasteiger partial charge on any atom is -0.479 e. The molecule has 0 spiro atoms. The molecule has 80 valence electrons. The number of hydrogen-bond donors (Lipinski definition) is 2. The van der Waals surface area contributed by atoms with Gasteiger partial charge < -0.3 is 9.52 Å². The SMILES string of the molecule is O=C(O)CONC(=O)C=Cc1ccco1. The third kappa shape index (κ3) is 4.63. The summed E-state index contributed by atoms with van der Waals surface area (Å²) in [7, 11) is 0. The fourth-order valence-electron chi connectivity index (χ4n) is 0.747. The highest BCUT2D eigenvalue weighted by Gasteiger charge is 1.99. The van der Waals surface area contributed by atoms with Gasteiger partial charge in [-0.25, -0.2) is 10.3 Å². The summed E-state index contributed by atoms with van der Waals surface area (Å²) in [5.74, 6) is -1.21. The Labute approximate surface area is 85.1 Å². The lowest BCUT2D eigenvalue weighted by atomic mass is 10.4. The summed E-state index contributed by atoms with van der Waals surface area (Å²) in [6.45, 7) is -0.583. The maximum absolute atomic E-state index is 11.0. The van der Waals surface area contributed by atoms with Gasteiger partial charge >= 0.3 is 5.97 Å². The van der Waals surface area contributed by atoms with Gasteiger partial charge in [0.05, 0.1) is 6.26 Å². The van der Waals surface area contributed by atoms with E-state index in [4.69, 9.17) is 9.52 Å². The molecule has 0 aliphatic heterocycles. The summed E-state index contributed by atoms with van der Waals surface area (Å²) in [4.78, 5) is 25.3. The minimum atomic E-state index is -1.16. The second kappa shape index (κ2) is 5.61. The molecule has 2 N–H and O–H groups in total. The van der Waals surface area contributed by atoms with Crippen LogP contribution in [0.15, 0.2) is 28.9 Å². The van der Waals surface area contributed by atoms with Crippen LogP contribution in [-0.2, 0) is 14.4 Å². The summed E-state index contributed by atoms with van der Waals surface area (Å²) in [5.41, 5.74) is 1.93. The molecule has 0 saturated carbocycles. The average molecular weight is 211 g/mol. The van der Waals surface area contributed by atoms with E-state index in [1.807, 2.05) is 5.48 Å². The number of amides is 1. The molecule has 6 nitrogen and oxygen atoms in total. The zero-order valence-electron chi connectivity index (χ0n) is 7.67. The van der Waals surface area contributed by atoms with E-state index in [2.05, 4.69) is 4.84 Å². The van der Waals surface area contributed by atoms with Crippen LogP contribution in [0, 0.1) is 0 Å². The summed E-state index contributed by atoms with van der Waals surface area (Å²) in [6, 6.07) is 3.35. The van der Waals surface area contributed by atoms with Gasteiger partial charge in [-0.05, 0) is 18.2 Å². The van der Waals surface area contributed by atoms with Crippen LogP contribution in [0.2, 0.25) is 0 Å². The Morgan fingerprint density at radius 2 is 2.40 bits per heavy atom. The van der Waals surface area contributed by atoms with Gasteiger partial charge in [0.15, 0.2) is 6.61 Å². The standard InChI is InChI=1S/C9H9NO5/c11-8(10-15-6-9(12)13)4-3-7-2-1-5-14-7/h1-5H,6H2,(H,10,11)(H,12,13). The molecule has 1 rings (SSSR count). The van der Waals surface area contributed by atoms with Crippen LogP contribution >= 0.6 is 0 Å². The van der Waals surface area contributed by atoms with Gasteiger partial charge in [-0.2, -0.15) is 0 Å². The highest BCUT2D eigenvalue weighted by atomic mass is 16.7. The second-order valence-corrected chi connectivity index (χ2v) is 2.50. The van der Waals surface area contributed by atoms with E-state index in [1.54, 1.807) is 12.1 Å². The average Bonchev–Trinajstić information content (AvgIpc) is 2.66. The van der Waals surface area contributed by atoms with Crippen molar-refractivity contribution in [3.63, 3.8) is 0 Å². The first kappa shape index (κ1) is 11.0. The van der Waals surface area contributed by atoms with E-state index in [1.165, 1.54) is 18.4 Å². The number of hydrogen-bond acceptors (Lipinski definition) is 4. The van der Waals surface area contributed by atoms with Crippen molar-refractivity contribution in [3.8, 4) is 0 Å². The van der Waals surface area contributed by atoms with Crippen molar-refractivity contribution in [2.45, 2.75) is 0 Å². The first-order valence-electron chi connectivity index (χ1n) is 4.03. The predicted octanol–water partition coefficient (Wildman–Crippen LogP) is 0.425. The van der Waals surface area contributed by atoms with Crippen molar-refractivity contribution in [2.75, 3.05) is 6.61 Å². The van der Waals surface area contributed by atoms with Gasteiger partial charge in [0.25, 0.3) is 5.91 Å². The monoisotopic (exact) mass is 211 g/mol. The Morgan fingerprint density at radius 3 is 3.00 bits per heavy atom. The number of carboxylic acids is 1. The molecular weight excluding hydrogens is 202 g/mol. The Bertz CT molecular complexity index is 355. The van der Waals surface area contributed by atoms with E-state index in [0.29, 0.717) is 5.76 Å². The van der Waals surface area contributed by atoms with Crippen LogP contribution in [0.1, 0.15) is 5.76 Å². The number of furan rings is 1. The van der Waals surface area contributed by atoms with Crippen molar-refractivity contribution in [2.24, 2.45) is 0 Å². The van der Waals surface area contributed by atoms with Gasteiger partial charge in [-0.1, -0.05) is 0 Å². The molecule has 0 bridgehead atoms. The topological polar surface area (TPSA) is 88.8 Å². The largest absolute Gasteiger partial charge is 0.479 e. The Morgan fingerprint density at radius 1 is 1.60 bits per heavy atom. The maximum Gasteiger partial charge on any atom is 0.332 e. The molecule has 0 saturated heterocycles. The molecule has 0 aliphatic carbocycles. The van der Waals surface area contributed by atoms with E-state index >= 15 is 0 Å². The summed E-state index contributed by atoms with van der Waals surface area (Å²) >= 11 is 0. The van der Waals surface area contributed by atoms with Crippen molar-refractivity contribution < 1.29 is 24.0 Å². The zero-order valence-corrected chi connectivity index (χ0v) is 7.67.